The summed E-state index contributed by atoms with van der Waals surface area (Å²) < 4.78 is 14.4. The van der Waals surface area contributed by atoms with E-state index in [2.05, 4.69) is 0 Å². The molecule has 3 rings (SSSR count). The van der Waals surface area contributed by atoms with E-state index in [9.17, 15) is 14.0 Å². The molecule has 1 aliphatic carbocycles. The van der Waals surface area contributed by atoms with Crippen molar-refractivity contribution in [3.05, 3.63) is 46.1 Å². The molecule has 0 amide bonds. The Hall–Kier alpha value is -2.17. The number of nitrogens with zero attached hydrogens (tertiary/aromatic N) is 1. The fourth-order valence-corrected chi connectivity index (χ4v) is 2.16. The highest BCUT2D eigenvalue weighted by atomic mass is 19.1. The number of hydrogen-bond donors (Lipinski definition) is 1. The molecule has 1 aromatic carbocycles. The van der Waals surface area contributed by atoms with Crippen molar-refractivity contribution >= 4 is 16.7 Å². The van der Waals surface area contributed by atoms with E-state index in [4.69, 9.17) is 5.11 Å². The van der Waals surface area contributed by atoms with E-state index < -0.39 is 17.3 Å². The van der Waals surface area contributed by atoms with Gasteiger partial charge in [0.05, 0.1) is 5.39 Å². The van der Waals surface area contributed by atoms with Crippen molar-refractivity contribution in [1.29, 1.82) is 0 Å². The lowest BCUT2D eigenvalue weighted by molar-refractivity contribution is 0.0683. The summed E-state index contributed by atoms with van der Waals surface area (Å²) in [5.74, 6) is -1.63. The van der Waals surface area contributed by atoms with E-state index in [1.807, 2.05) is 0 Å². The van der Waals surface area contributed by atoms with Gasteiger partial charge in [0.1, 0.15) is 11.5 Å². The third-order valence-electron chi connectivity index (χ3n) is 3.15. The third-order valence-corrected chi connectivity index (χ3v) is 3.15. The molecule has 1 aliphatic rings. The van der Waals surface area contributed by atoms with Gasteiger partial charge in [-0.2, -0.15) is 0 Å². The highest BCUT2D eigenvalue weighted by molar-refractivity contribution is 5.92. The third kappa shape index (κ3) is 1.59. The summed E-state index contributed by atoms with van der Waals surface area (Å²) in [5, 5.41) is 9.83. The summed E-state index contributed by atoms with van der Waals surface area (Å²) in [4.78, 5) is 23.4. The van der Waals surface area contributed by atoms with Crippen LogP contribution in [-0.2, 0) is 0 Å². The van der Waals surface area contributed by atoms with Crippen LogP contribution in [0.5, 0.6) is 0 Å². The van der Waals surface area contributed by atoms with Gasteiger partial charge in [-0.3, -0.25) is 9.36 Å². The van der Waals surface area contributed by atoms with E-state index in [0.29, 0.717) is 5.39 Å². The van der Waals surface area contributed by atoms with Crippen LogP contribution >= 0.6 is 0 Å². The van der Waals surface area contributed by atoms with Crippen LogP contribution in [0, 0.1) is 5.82 Å². The molecule has 92 valence electrons. The molecule has 18 heavy (non-hydrogen) atoms. The van der Waals surface area contributed by atoms with Crippen LogP contribution in [0.2, 0.25) is 0 Å². The van der Waals surface area contributed by atoms with Gasteiger partial charge in [0.15, 0.2) is 0 Å². The van der Waals surface area contributed by atoms with Gasteiger partial charge in [-0.1, -0.05) is 6.07 Å². The molecule has 0 radical (unpaired) electrons. The van der Waals surface area contributed by atoms with E-state index in [1.54, 1.807) is 0 Å². The minimum absolute atomic E-state index is 0.0263. The minimum Gasteiger partial charge on any atom is -0.477 e. The van der Waals surface area contributed by atoms with E-state index in [0.717, 1.165) is 18.9 Å². The summed E-state index contributed by atoms with van der Waals surface area (Å²) in [5.41, 5.74) is -0.450. The fourth-order valence-electron chi connectivity index (χ4n) is 2.16. The Morgan fingerprint density at radius 3 is 2.67 bits per heavy atom. The number of benzene rings is 1. The van der Waals surface area contributed by atoms with Crippen LogP contribution < -0.4 is 5.56 Å². The molecule has 0 aliphatic heterocycles. The quantitative estimate of drug-likeness (QED) is 0.884. The second-order valence-corrected chi connectivity index (χ2v) is 4.47. The molecule has 0 bridgehead atoms. The number of carboxylic acids is 1. The zero-order valence-corrected chi connectivity index (χ0v) is 9.39. The molecule has 0 atom stereocenters. The lowest BCUT2D eigenvalue weighted by Crippen LogP contribution is -2.25. The molecule has 4 nitrogen and oxygen atoms in total. The highest BCUT2D eigenvalue weighted by Gasteiger charge is 2.29. The van der Waals surface area contributed by atoms with E-state index in [1.165, 1.54) is 22.8 Å². The average Bonchev–Trinajstić information content (AvgIpc) is 3.13. The average molecular weight is 247 g/mol. The predicted molar refractivity (Wildman–Crippen MR) is 63.4 cm³/mol. The summed E-state index contributed by atoms with van der Waals surface area (Å²) >= 11 is 0. The number of aromatic nitrogens is 1. The van der Waals surface area contributed by atoms with Gasteiger partial charge in [-0.05, 0) is 36.4 Å². The molecule has 2 aromatic rings. The molecule has 1 aromatic heterocycles. The standard InChI is InChI=1S/C13H10FNO3/c14-8-2-1-7-5-11(13(17)18)15(9-3-4-9)12(16)10(7)6-8/h1-2,5-6,9H,3-4H2,(H,17,18). The smallest absolute Gasteiger partial charge is 0.352 e. The number of rotatable bonds is 2. The Morgan fingerprint density at radius 1 is 1.33 bits per heavy atom. The molecular formula is C13H10FNO3. The maximum Gasteiger partial charge on any atom is 0.352 e. The Balaban J connectivity index is 2.41. The Morgan fingerprint density at radius 2 is 2.06 bits per heavy atom. The first-order chi connectivity index (χ1) is 8.58. The molecule has 5 heteroatoms. The number of hydrogen-bond acceptors (Lipinski definition) is 2. The fraction of sp³-hybridized carbons (Fsp3) is 0.231. The molecule has 0 spiro atoms. The number of fused-ring (bicyclic) bond motifs is 1. The Kier molecular flexibility index (Phi) is 2.23. The van der Waals surface area contributed by atoms with Gasteiger partial charge < -0.3 is 5.11 Å². The van der Waals surface area contributed by atoms with Gasteiger partial charge in [0.2, 0.25) is 0 Å². The normalized spacial score (nSPS) is 14.9. The number of aromatic carboxylic acids is 1. The van der Waals surface area contributed by atoms with Crippen LogP contribution in [0.3, 0.4) is 0 Å². The summed E-state index contributed by atoms with van der Waals surface area (Å²) in [6, 6.07) is 5.17. The monoisotopic (exact) mass is 247 g/mol. The van der Waals surface area contributed by atoms with Crippen molar-refractivity contribution in [2.24, 2.45) is 0 Å². The van der Waals surface area contributed by atoms with Gasteiger partial charge >= 0.3 is 5.97 Å². The zero-order valence-electron chi connectivity index (χ0n) is 9.39. The first-order valence-electron chi connectivity index (χ1n) is 5.66. The molecule has 0 unspecified atom stereocenters. The predicted octanol–water partition coefficient (Wildman–Crippen LogP) is 2.17. The van der Waals surface area contributed by atoms with Gasteiger partial charge in [-0.25, -0.2) is 9.18 Å². The summed E-state index contributed by atoms with van der Waals surface area (Å²) in [7, 11) is 0. The number of pyridine rings is 1. The van der Waals surface area contributed by atoms with Crippen molar-refractivity contribution in [3.8, 4) is 0 Å². The Bertz CT molecular complexity index is 716. The number of carbonyl (C=O) groups is 1. The SMILES string of the molecule is O=C(O)c1cc2ccc(F)cc2c(=O)n1C1CC1. The van der Waals surface area contributed by atoms with Crippen molar-refractivity contribution in [1.82, 2.24) is 4.57 Å². The van der Waals surface area contributed by atoms with Gasteiger partial charge in [0, 0.05) is 6.04 Å². The minimum atomic E-state index is -1.13. The van der Waals surface area contributed by atoms with Crippen LogP contribution in [-0.4, -0.2) is 15.6 Å². The van der Waals surface area contributed by atoms with Crippen LogP contribution in [0.15, 0.2) is 29.1 Å². The van der Waals surface area contributed by atoms with Crippen molar-refractivity contribution in [2.45, 2.75) is 18.9 Å². The van der Waals surface area contributed by atoms with Crippen molar-refractivity contribution in [3.63, 3.8) is 0 Å². The lowest BCUT2D eigenvalue weighted by Gasteiger charge is -2.10. The van der Waals surface area contributed by atoms with Crippen molar-refractivity contribution < 1.29 is 14.3 Å². The molecule has 1 saturated carbocycles. The summed E-state index contributed by atoms with van der Waals surface area (Å²) in [6.07, 6.45) is 1.59. The first kappa shape index (κ1) is 11.0. The first-order valence-corrected chi connectivity index (χ1v) is 5.66. The van der Waals surface area contributed by atoms with Gasteiger partial charge in [0.25, 0.3) is 5.56 Å². The number of carboxylic acid groups (broad SMARTS) is 1. The van der Waals surface area contributed by atoms with Crippen molar-refractivity contribution in [2.75, 3.05) is 0 Å². The zero-order chi connectivity index (χ0) is 12.9. The lowest BCUT2D eigenvalue weighted by atomic mass is 10.1. The van der Waals surface area contributed by atoms with Gasteiger partial charge in [-0.15, -0.1) is 0 Å². The maximum absolute atomic E-state index is 13.2. The van der Waals surface area contributed by atoms with Crippen LogP contribution in [0.4, 0.5) is 4.39 Å². The van der Waals surface area contributed by atoms with E-state index >= 15 is 0 Å². The largest absolute Gasteiger partial charge is 0.477 e. The van der Waals surface area contributed by atoms with E-state index in [-0.39, 0.29) is 17.1 Å². The van der Waals surface area contributed by atoms with Crippen LogP contribution in [0.25, 0.3) is 10.8 Å². The van der Waals surface area contributed by atoms with Crippen LogP contribution in [0.1, 0.15) is 29.4 Å². The highest BCUT2D eigenvalue weighted by Crippen LogP contribution is 2.35. The second-order valence-electron chi connectivity index (χ2n) is 4.47. The topological polar surface area (TPSA) is 59.3 Å². The Labute approximate surface area is 101 Å². The molecule has 0 saturated heterocycles. The molecular weight excluding hydrogens is 237 g/mol. The molecule has 1 N–H and O–H groups in total. The maximum atomic E-state index is 13.2. The molecule has 1 heterocycles. The summed E-state index contributed by atoms with van der Waals surface area (Å²) in [6.45, 7) is 0. The number of halogens is 1. The molecule has 1 fully saturated rings. The second kappa shape index (κ2) is 3.66.